The Bertz CT molecular complexity index is 1330. The van der Waals surface area contributed by atoms with Gasteiger partial charge in [0.15, 0.2) is 0 Å². The summed E-state index contributed by atoms with van der Waals surface area (Å²) in [4.78, 5) is 24.0. The molecule has 1 N–H and O–H groups in total. The number of fused-ring (bicyclic) bond motifs is 2. The number of likely N-dealkylation sites (tertiary alicyclic amines) is 1. The van der Waals surface area contributed by atoms with Crippen LogP contribution in [0.5, 0.6) is 0 Å². The average Bonchev–Trinajstić information content (AvgIpc) is 3.43. The van der Waals surface area contributed by atoms with Crippen molar-refractivity contribution in [2.24, 2.45) is 0 Å². The molecule has 1 amide bonds. The Morgan fingerprint density at radius 3 is 2.68 bits per heavy atom. The van der Waals surface area contributed by atoms with Crippen molar-refractivity contribution in [3.05, 3.63) is 52.8 Å². The van der Waals surface area contributed by atoms with Crippen LogP contribution in [0.2, 0.25) is 0 Å². The fourth-order valence-electron chi connectivity index (χ4n) is 5.57. The summed E-state index contributed by atoms with van der Waals surface area (Å²) in [5.74, 6) is 0. The lowest BCUT2D eigenvalue weighted by molar-refractivity contribution is -0.147. The number of aromatic nitrogens is 2. The van der Waals surface area contributed by atoms with E-state index in [1.807, 2.05) is 40.0 Å². The first-order chi connectivity index (χ1) is 17.4. The lowest BCUT2D eigenvalue weighted by Crippen LogP contribution is -2.39. The standard InChI is InChI=1S/C28H33F3N4O2/c1-17-13-32-25-22(17)12-19(14-33-25)18-10-20-15-34(16-28(29,30)31)9-7-21(20)23(11-18)24-6-5-8-35(24)26(36)37-27(2,3)4/h10-14,24H,5-9,15-16H2,1-4H3,(H,32,33). The zero-order valence-corrected chi connectivity index (χ0v) is 21.7. The lowest BCUT2D eigenvalue weighted by atomic mass is 9.86. The van der Waals surface area contributed by atoms with Crippen LogP contribution in [-0.2, 0) is 17.7 Å². The summed E-state index contributed by atoms with van der Waals surface area (Å²) in [6.45, 7) is 7.75. The number of hydrogen-bond acceptors (Lipinski definition) is 4. The van der Waals surface area contributed by atoms with Gasteiger partial charge in [-0.15, -0.1) is 0 Å². The highest BCUT2D eigenvalue weighted by Crippen LogP contribution is 2.40. The van der Waals surface area contributed by atoms with E-state index in [4.69, 9.17) is 4.74 Å². The number of nitrogens with one attached hydrogen (secondary N) is 1. The summed E-state index contributed by atoms with van der Waals surface area (Å²) in [5, 5.41) is 1.01. The van der Waals surface area contributed by atoms with Crippen molar-refractivity contribution >= 4 is 17.1 Å². The number of amides is 1. The van der Waals surface area contributed by atoms with Gasteiger partial charge < -0.3 is 14.6 Å². The molecule has 9 heteroatoms. The van der Waals surface area contributed by atoms with Gasteiger partial charge in [0.1, 0.15) is 11.2 Å². The van der Waals surface area contributed by atoms with Gasteiger partial charge in [0.2, 0.25) is 0 Å². The second kappa shape index (κ2) is 9.35. The molecule has 4 heterocycles. The second-order valence-corrected chi connectivity index (χ2v) is 11.2. The Hall–Kier alpha value is -3.07. The maximum atomic E-state index is 13.2. The minimum Gasteiger partial charge on any atom is -0.444 e. The summed E-state index contributed by atoms with van der Waals surface area (Å²) < 4.78 is 45.3. The quantitative estimate of drug-likeness (QED) is 0.432. The number of alkyl halides is 3. The number of carbonyl (C=O) groups excluding carboxylic acids is 1. The van der Waals surface area contributed by atoms with Gasteiger partial charge in [-0.05, 0) is 93.0 Å². The van der Waals surface area contributed by atoms with Crippen molar-refractivity contribution in [2.75, 3.05) is 19.6 Å². The lowest BCUT2D eigenvalue weighted by Gasteiger charge is -2.34. The number of nitrogens with zero attached hydrogens (tertiary/aromatic N) is 3. The molecule has 0 spiro atoms. The molecule has 2 aliphatic rings. The molecule has 1 aromatic carbocycles. The van der Waals surface area contributed by atoms with E-state index in [1.54, 1.807) is 11.1 Å². The van der Waals surface area contributed by atoms with Crippen LogP contribution in [-0.4, -0.2) is 57.3 Å². The Kier molecular flexibility index (Phi) is 6.46. The molecular weight excluding hydrogens is 481 g/mol. The fourth-order valence-corrected chi connectivity index (χ4v) is 5.57. The molecule has 0 radical (unpaired) electrons. The summed E-state index contributed by atoms with van der Waals surface area (Å²) in [7, 11) is 0. The maximum Gasteiger partial charge on any atom is 0.410 e. The molecule has 2 aliphatic heterocycles. The van der Waals surface area contributed by atoms with Crippen LogP contribution in [0.15, 0.2) is 30.6 Å². The monoisotopic (exact) mass is 514 g/mol. The largest absolute Gasteiger partial charge is 0.444 e. The molecule has 1 unspecified atom stereocenters. The van der Waals surface area contributed by atoms with Crippen molar-refractivity contribution in [1.82, 2.24) is 19.8 Å². The Balaban J connectivity index is 1.58. The molecule has 1 fully saturated rings. The van der Waals surface area contributed by atoms with E-state index in [2.05, 4.69) is 22.1 Å². The fraction of sp³-hybridized carbons (Fsp3) is 0.500. The van der Waals surface area contributed by atoms with Gasteiger partial charge in [0.05, 0.1) is 12.6 Å². The number of halogens is 3. The third-order valence-corrected chi connectivity index (χ3v) is 7.16. The van der Waals surface area contributed by atoms with Crippen LogP contribution >= 0.6 is 0 Å². The van der Waals surface area contributed by atoms with Gasteiger partial charge in [-0.3, -0.25) is 4.90 Å². The van der Waals surface area contributed by atoms with E-state index in [0.29, 0.717) is 19.5 Å². The number of H-pyrrole nitrogens is 1. The number of ether oxygens (including phenoxy) is 1. The van der Waals surface area contributed by atoms with E-state index >= 15 is 0 Å². The van der Waals surface area contributed by atoms with Gasteiger partial charge in [0.25, 0.3) is 0 Å². The van der Waals surface area contributed by atoms with Crippen LogP contribution in [0.3, 0.4) is 0 Å². The minimum absolute atomic E-state index is 0.177. The molecule has 5 rings (SSSR count). The number of hydrogen-bond donors (Lipinski definition) is 1. The molecule has 37 heavy (non-hydrogen) atoms. The number of aromatic amines is 1. The summed E-state index contributed by atoms with van der Waals surface area (Å²) in [6.07, 6.45) is 1.24. The topological polar surface area (TPSA) is 61.5 Å². The first-order valence-corrected chi connectivity index (χ1v) is 12.8. The van der Waals surface area contributed by atoms with Crippen molar-refractivity contribution < 1.29 is 22.7 Å². The molecule has 1 saturated heterocycles. The second-order valence-electron chi connectivity index (χ2n) is 11.2. The van der Waals surface area contributed by atoms with E-state index in [9.17, 15) is 18.0 Å². The third kappa shape index (κ3) is 5.46. The van der Waals surface area contributed by atoms with Crippen molar-refractivity contribution in [3.63, 3.8) is 0 Å². The molecule has 198 valence electrons. The highest BCUT2D eigenvalue weighted by Gasteiger charge is 2.37. The average molecular weight is 515 g/mol. The molecule has 2 aromatic heterocycles. The molecular formula is C28H33F3N4O2. The molecule has 0 saturated carbocycles. The predicted molar refractivity (Wildman–Crippen MR) is 136 cm³/mol. The van der Waals surface area contributed by atoms with Crippen LogP contribution in [0.1, 0.15) is 61.9 Å². The van der Waals surface area contributed by atoms with E-state index in [0.717, 1.165) is 57.3 Å². The molecule has 0 bridgehead atoms. The van der Waals surface area contributed by atoms with E-state index in [1.165, 1.54) is 4.90 Å². The van der Waals surface area contributed by atoms with Gasteiger partial charge in [-0.25, -0.2) is 9.78 Å². The minimum atomic E-state index is -4.25. The molecule has 0 aliphatic carbocycles. The molecule has 3 aromatic rings. The Morgan fingerprint density at radius 2 is 1.95 bits per heavy atom. The maximum absolute atomic E-state index is 13.2. The van der Waals surface area contributed by atoms with Crippen LogP contribution < -0.4 is 0 Å². The number of rotatable bonds is 3. The number of aryl methyl sites for hydroxylation is 1. The number of benzene rings is 1. The zero-order chi connectivity index (χ0) is 26.5. The van der Waals surface area contributed by atoms with Gasteiger partial charge in [-0.2, -0.15) is 13.2 Å². The first-order valence-electron chi connectivity index (χ1n) is 12.8. The van der Waals surface area contributed by atoms with Crippen molar-refractivity contribution in [3.8, 4) is 11.1 Å². The van der Waals surface area contributed by atoms with Crippen molar-refractivity contribution in [1.29, 1.82) is 0 Å². The number of carbonyl (C=O) groups is 1. The normalized spacial score (nSPS) is 18.9. The highest BCUT2D eigenvalue weighted by molar-refractivity contribution is 5.84. The predicted octanol–water partition coefficient (Wildman–Crippen LogP) is 6.53. The van der Waals surface area contributed by atoms with Gasteiger partial charge in [0, 0.05) is 43.0 Å². The smallest absolute Gasteiger partial charge is 0.410 e. The summed E-state index contributed by atoms with van der Waals surface area (Å²) in [5.41, 5.74) is 5.99. The zero-order valence-electron chi connectivity index (χ0n) is 21.7. The van der Waals surface area contributed by atoms with Crippen LogP contribution in [0.25, 0.3) is 22.2 Å². The highest BCUT2D eigenvalue weighted by atomic mass is 19.4. The first kappa shape index (κ1) is 25.6. The van der Waals surface area contributed by atoms with Gasteiger partial charge in [-0.1, -0.05) is 0 Å². The molecule has 6 nitrogen and oxygen atoms in total. The Labute approximate surface area is 214 Å². The van der Waals surface area contributed by atoms with Gasteiger partial charge >= 0.3 is 12.3 Å². The third-order valence-electron chi connectivity index (χ3n) is 7.16. The van der Waals surface area contributed by atoms with E-state index < -0.39 is 18.3 Å². The van der Waals surface area contributed by atoms with E-state index in [-0.39, 0.29) is 18.7 Å². The summed E-state index contributed by atoms with van der Waals surface area (Å²) >= 11 is 0. The number of pyridine rings is 1. The Morgan fingerprint density at radius 1 is 1.16 bits per heavy atom. The van der Waals surface area contributed by atoms with Crippen LogP contribution in [0.4, 0.5) is 18.0 Å². The van der Waals surface area contributed by atoms with Crippen LogP contribution in [0, 0.1) is 6.92 Å². The van der Waals surface area contributed by atoms with Crippen molar-refractivity contribution in [2.45, 2.75) is 71.3 Å². The SMILES string of the molecule is Cc1c[nH]c2ncc(-c3cc4c(c(C5CCCN5C(=O)OC(C)(C)C)c3)CCN(CC(F)(F)F)C4)cc12. The summed E-state index contributed by atoms with van der Waals surface area (Å²) in [6, 6.07) is 5.99. The molecule has 1 atom stereocenters.